The summed E-state index contributed by atoms with van der Waals surface area (Å²) in [5.74, 6) is 0. The van der Waals surface area contributed by atoms with Gasteiger partial charge in [0.1, 0.15) is 5.01 Å². The lowest BCUT2D eigenvalue weighted by atomic mass is 10.1. The number of rotatable bonds is 17. The molecule has 0 saturated carbocycles. The van der Waals surface area contributed by atoms with E-state index in [2.05, 4.69) is 34.6 Å². The summed E-state index contributed by atoms with van der Waals surface area (Å²) in [6.07, 6.45) is 23.3. The lowest BCUT2D eigenvalue weighted by molar-refractivity contribution is 0.608. The van der Waals surface area contributed by atoms with Crippen molar-refractivity contribution in [3.8, 4) is 0 Å². The van der Waals surface area contributed by atoms with Crippen LogP contribution in [0.25, 0.3) is 0 Å². The zero-order valence-electron chi connectivity index (χ0n) is 18.2. The minimum Gasteiger partial charge on any atom is -0.330 e. The van der Waals surface area contributed by atoms with E-state index >= 15 is 0 Å². The molecular weight excluding hydrogens is 374 g/mol. The summed E-state index contributed by atoms with van der Waals surface area (Å²) in [5.41, 5.74) is 1.07. The van der Waals surface area contributed by atoms with Gasteiger partial charge in [-0.1, -0.05) is 100.0 Å². The Hall–Kier alpha value is -1.68. The second kappa shape index (κ2) is 16.2. The van der Waals surface area contributed by atoms with Crippen LogP contribution in [0.3, 0.4) is 0 Å². The number of hydrogen-bond acceptors (Lipinski definition) is 4. The SMILES string of the molecule is CCCCCCCC/C=C\CCCCCCCc1nnc(Nc2ccccc2)s1. The summed E-state index contributed by atoms with van der Waals surface area (Å²) in [6, 6.07) is 10.2. The second-order valence-corrected chi connectivity index (χ2v) is 8.89. The molecule has 4 heteroatoms. The van der Waals surface area contributed by atoms with Gasteiger partial charge in [0.25, 0.3) is 0 Å². The Morgan fingerprint density at radius 2 is 1.38 bits per heavy atom. The number of allylic oxidation sites excluding steroid dienone is 2. The normalized spacial score (nSPS) is 11.3. The first-order valence-electron chi connectivity index (χ1n) is 11.7. The highest BCUT2D eigenvalue weighted by molar-refractivity contribution is 7.15. The third-order valence-electron chi connectivity index (χ3n) is 5.14. The molecule has 0 unspecified atom stereocenters. The van der Waals surface area contributed by atoms with Crippen LogP contribution in [0, 0.1) is 0 Å². The number of anilines is 2. The van der Waals surface area contributed by atoms with Gasteiger partial charge in [0.15, 0.2) is 0 Å². The standard InChI is InChI=1S/C25H39N3S/c1-2-3-4-5-6-7-8-9-10-11-12-13-14-15-19-22-24-27-28-25(29-24)26-23-20-17-16-18-21-23/h9-10,16-18,20-21H,2-8,11-15,19,22H2,1H3,(H,26,28)/b10-9-. The van der Waals surface area contributed by atoms with E-state index in [1.54, 1.807) is 11.3 Å². The quantitative estimate of drug-likeness (QED) is 0.209. The van der Waals surface area contributed by atoms with Crippen molar-refractivity contribution in [1.29, 1.82) is 0 Å². The number of unbranched alkanes of at least 4 members (excludes halogenated alkanes) is 11. The van der Waals surface area contributed by atoms with Crippen LogP contribution in [-0.2, 0) is 6.42 Å². The van der Waals surface area contributed by atoms with Crippen molar-refractivity contribution in [3.63, 3.8) is 0 Å². The summed E-state index contributed by atoms with van der Waals surface area (Å²) in [7, 11) is 0. The van der Waals surface area contributed by atoms with Gasteiger partial charge in [0.05, 0.1) is 0 Å². The van der Waals surface area contributed by atoms with Gasteiger partial charge in [-0.05, 0) is 44.2 Å². The summed E-state index contributed by atoms with van der Waals surface area (Å²) < 4.78 is 0. The molecule has 2 aromatic rings. The molecule has 0 bridgehead atoms. The molecule has 0 fully saturated rings. The van der Waals surface area contributed by atoms with Crippen molar-refractivity contribution in [2.45, 2.75) is 96.8 Å². The predicted molar refractivity (Wildman–Crippen MR) is 128 cm³/mol. The van der Waals surface area contributed by atoms with E-state index in [0.717, 1.165) is 22.2 Å². The molecule has 0 aliphatic rings. The molecule has 1 aromatic heterocycles. The Kier molecular flexibility index (Phi) is 13.1. The van der Waals surface area contributed by atoms with Crippen LogP contribution in [0.4, 0.5) is 10.8 Å². The van der Waals surface area contributed by atoms with Crippen molar-refractivity contribution in [3.05, 3.63) is 47.5 Å². The van der Waals surface area contributed by atoms with Gasteiger partial charge in [0, 0.05) is 12.1 Å². The van der Waals surface area contributed by atoms with Gasteiger partial charge in [0.2, 0.25) is 5.13 Å². The number of hydrogen-bond donors (Lipinski definition) is 1. The third kappa shape index (κ3) is 11.8. The monoisotopic (exact) mass is 413 g/mol. The highest BCUT2D eigenvalue weighted by atomic mass is 32.1. The zero-order chi connectivity index (χ0) is 20.4. The minimum atomic E-state index is 0.888. The smallest absolute Gasteiger partial charge is 0.210 e. The third-order valence-corrected chi connectivity index (χ3v) is 6.04. The van der Waals surface area contributed by atoms with Crippen molar-refractivity contribution in [1.82, 2.24) is 10.2 Å². The number of nitrogens with zero attached hydrogens (tertiary/aromatic N) is 2. The fourth-order valence-corrected chi connectivity index (χ4v) is 4.20. The predicted octanol–water partition coefficient (Wildman–Crippen LogP) is 8.47. The van der Waals surface area contributed by atoms with E-state index in [0.29, 0.717) is 0 Å². The summed E-state index contributed by atoms with van der Waals surface area (Å²) >= 11 is 1.67. The molecule has 0 saturated heterocycles. The van der Waals surface area contributed by atoms with Crippen molar-refractivity contribution in [2.75, 3.05) is 5.32 Å². The van der Waals surface area contributed by atoms with Crippen LogP contribution in [0.15, 0.2) is 42.5 Å². The second-order valence-electron chi connectivity index (χ2n) is 7.83. The Morgan fingerprint density at radius 1 is 0.759 bits per heavy atom. The van der Waals surface area contributed by atoms with E-state index in [-0.39, 0.29) is 0 Å². The van der Waals surface area contributed by atoms with Gasteiger partial charge < -0.3 is 5.32 Å². The van der Waals surface area contributed by atoms with Gasteiger partial charge in [-0.2, -0.15) is 0 Å². The number of benzene rings is 1. The summed E-state index contributed by atoms with van der Waals surface area (Å²) in [6.45, 7) is 2.28. The molecule has 1 N–H and O–H groups in total. The van der Waals surface area contributed by atoms with Gasteiger partial charge in [-0.15, -0.1) is 10.2 Å². The van der Waals surface area contributed by atoms with Crippen molar-refractivity contribution >= 4 is 22.2 Å². The molecule has 0 amide bonds. The molecule has 0 aliphatic heterocycles. The molecule has 1 heterocycles. The topological polar surface area (TPSA) is 37.8 Å². The molecule has 0 aliphatic carbocycles. The molecule has 2 rings (SSSR count). The molecule has 0 spiro atoms. The van der Waals surface area contributed by atoms with Crippen LogP contribution in [-0.4, -0.2) is 10.2 Å². The average Bonchev–Trinajstić information content (AvgIpc) is 3.19. The van der Waals surface area contributed by atoms with Gasteiger partial charge in [-0.3, -0.25) is 0 Å². The van der Waals surface area contributed by atoms with Crippen LogP contribution >= 0.6 is 11.3 Å². The van der Waals surface area contributed by atoms with Gasteiger partial charge >= 0.3 is 0 Å². The molecule has 160 valence electrons. The molecule has 0 atom stereocenters. The Bertz CT molecular complexity index is 651. The maximum Gasteiger partial charge on any atom is 0.210 e. The van der Waals surface area contributed by atoms with E-state index in [1.807, 2.05) is 30.3 Å². The largest absolute Gasteiger partial charge is 0.330 e. The van der Waals surface area contributed by atoms with Crippen LogP contribution < -0.4 is 5.32 Å². The number of aromatic nitrogens is 2. The van der Waals surface area contributed by atoms with Crippen molar-refractivity contribution in [2.24, 2.45) is 0 Å². The molecule has 29 heavy (non-hydrogen) atoms. The highest BCUT2D eigenvalue weighted by Gasteiger charge is 2.04. The van der Waals surface area contributed by atoms with Crippen LogP contribution in [0.5, 0.6) is 0 Å². The highest BCUT2D eigenvalue weighted by Crippen LogP contribution is 2.22. The maximum atomic E-state index is 4.31. The van der Waals surface area contributed by atoms with E-state index < -0.39 is 0 Å². The van der Waals surface area contributed by atoms with Crippen LogP contribution in [0.2, 0.25) is 0 Å². The Labute approximate surface area is 182 Å². The average molecular weight is 414 g/mol. The number of para-hydroxylation sites is 1. The van der Waals surface area contributed by atoms with Crippen LogP contribution in [0.1, 0.15) is 95.4 Å². The van der Waals surface area contributed by atoms with Gasteiger partial charge in [-0.25, -0.2) is 0 Å². The van der Waals surface area contributed by atoms with Crippen molar-refractivity contribution < 1.29 is 0 Å². The fraction of sp³-hybridized carbons (Fsp3) is 0.600. The number of nitrogens with one attached hydrogen (secondary N) is 1. The van der Waals surface area contributed by atoms with E-state index in [9.17, 15) is 0 Å². The lowest BCUT2D eigenvalue weighted by Crippen LogP contribution is -1.88. The molecule has 1 aromatic carbocycles. The maximum absolute atomic E-state index is 4.31. The molecule has 0 radical (unpaired) electrons. The molecule has 3 nitrogen and oxygen atoms in total. The van der Waals surface area contributed by atoms with E-state index in [4.69, 9.17) is 0 Å². The number of aryl methyl sites for hydroxylation is 1. The first-order chi connectivity index (χ1) is 14.4. The first kappa shape index (κ1) is 23.6. The Morgan fingerprint density at radius 3 is 2.07 bits per heavy atom. The Balaban J connectivity index is 1.40. The first-order valence-corrected chi connectivity index (χ1v) is 12.5. The summed E-state index contributed by atoms with van der Waals surface area (Å²) in [5, 5.41) is 13.9. The molecular formula is C25H39N3S. The zero-order valence-corrected chi connectivity index (χ0v) is 19.1. The fourth-order valence-electron chi connectivity index (χ4n) is 3.40. The summed E-state index contributed by atoms with van der Waals surface area (Å²) in [4.78, 5) is 0. The lowest BCUT2D eigenvalue weighted by Gasteiger charge is -2.00. The minimum absolute atomic E-state index is 0.888. The van der Waals surface area contributed by atoms with E-state index in [1.165, 1.54) is 83.5 Å².